The van der Waals surface area contributed by atoms with Crippen LogP contribution in [0.1, 0.15) is 11.1 Å². The number of alkyl halides is 1. The van der Waals surface area contributed by atoms with Gasteiger partial charge in [-0.15, -0.1) is 0 Å². The SMILES string of the molecule is Cc1ccc(O)c(OCF)c1C. The zero-order chi connectivity index (χ0) is 9.14. The lowest BCUT2D eigenvalue weighted by Crippen LogP contribution is -1.94. The number of aromatic hydroxyl groups is 1. The van der Waals surface area contributed by atoms with Crippen LogP contribution < -0.4 is 4.74 Å². The number of phenols is 1. The molecule has 0 aliphatic rings. The fraction of sp³-hybridized carbons (Fsp3) is 0.333. The second kappa shape index (κ2) is 3.43. The second-order valence-corrected chi connectivity index (χ2v) is 2.61. The predicted molar refractivity (Wildman–Crippen MR) is 44.2 cm³/mol. The van der Waals surface area contributed by atoms with E-state index >= 15 is 0 Å². The molecule has 0 saturated carbocycles. The van der Waals surface area contributed by atoms with Gasteiger partial charge in [0, 0.05) is 0 Å². The van der Waals surface area contributed by atoms with Crippen LogP contribution in [0.2, 0.25) is 0 Å². The van der Waals surface area contributed by atoms with Gasteiger partial charge in [-0.3, -0.25) is 0 Å². The summed E-state index contributed by atoms with van der Waals surface area (Å²) in [5.41, 5.74) is 1.74. The Bertz CT molecular complexity index is 284. The van der Waals surface area contributed by atoms with Crippen molar-refractivity contribution >= 4 is 0 Å². The highest BCUT2D eigenvalue weighted by Gasteiger charge is 2.07. The number of hydrogen-bond donors (Lipinski definition) is 1. The third kappa shape index (κ3) is 1.49. The van der Waals surface area contributed by atoms with Crippen LogP contribution in [-0.2, 0) is 0 Å². The van der Waals surface area contributed by atoms with Gasteiger partial charge in [-0.1, -0.05) is 6.07 Å². The molecular weight excluding hydrogens is 159 g/mol. The number of hydrogen-bond acceptors (Lipinski definition) is 2. The monoisotopic (exact) mass is 170 g/mol. The molecule has 0 radical (unpaired) electrons. The zero-order valence-corrected chi connectivity index (χ0v) is 7.10. The summed E-state index contributed by atoms with van der Waals surface area (Å²) in [5, 5.41) is 9.26. The number of aryl methyl sites for hydroxylation is 1. The topological polar surface area (TPSA) is 29.5 Å². The van der Waals surface area contributed by atoms with Crippen LogP contribution in [0.4, 0.5) is 4.39 Å². The zero-order valence-electron chi connectivity index (χ0n) is 7.10. The van der Waals surface area contributed by atoms with Crippen molar-refractivity contribution in [2.75, 3.05) is 6.86 Å². The fourth-order valence-corrected chi connectivity index (χ4v) is 1.01. The van der Waals surface area contributed by atoms with E-state index < -0.39 is 6.86 Å². The molecule has 0 heterocycles. The highest BCUT2D eigenvalue weighted by Crippen LogP contribution is 2.31. The molecule has 66 valence electrons. The maximum Gasteiger partial charge on any atom is 0.228 e. The van der Waals surface area contributed by atoms with Crippen molar-refractivity contribution in [1.82, 2.24) is 0 Å². The van der Waals surface area contributed by atoms with Crippen LogP contribution in [-0.4, -0.2) is 12.0 Å². The van der Waals surface area contributed by atoms with E-state index in [-0.39, 0.29) is 11.5 Å². The Kier molecular flexibility index (Phi) is 2.53. The van der Waals surface area contributed by atoms with Gasteiger partial charge in [0.15, 0.2) is 11.5 Å². The number of halogens is 1. The van der Waals surface area contributed by atoms with Crippen molar-refractivity contribution in [3.63, 3.8) is 0 Å². The summed E-state index contributed by atoms with van der Waals surface area (Å²) in [5.74, 6) is 0.216. The van der Waals surface area contributed by atoms with E-state index in [0.717, 1.165) is 11.1 Å². The molecule has 3 heteroatoms. The molecule has 0 aliphatic heterocycles. The molecule has 0 aliphatic carbocycles. The van der Waals surface area contributed by atoms with Gasteiger partial charge in [0.1, 0.15) is 0 Å². The second-order valence-electron chi connectivity index (χ2n) is 2.61. The first-order valence-corrected chi connectivity index (χ1v) is 3.64. The third-order valence-electron chi connectivity index (χ3n) is 1.85. The van der Waals surface area contributed by atoms with Crippen molar-refractivity contribution in [1.29, 1.82) is 0 Å². The summed E-state index contributed by atoms with van der Waals surface area (Å²) in [7, 11) is 0. The molecule has 0 saturated heterocycles. The average Bonchev–Trinajstić information content (AvgIpc) is 2.06. The first-order valence-electron chi connectivity index (χ1n) is 3.64. The van der Waals surface area contributed by atoms with E-state index in [9.17, 15) is 9.50 Å². The van der Waals surface area contributed by atoms with Gasteiger partial charge >= 0.3 is 0 Å². The molecule has 0 unspecified atom stereocenters. The maximum absolute atomic E-state index is 11.8. The van der Waals surface area contributed by atoms with Crippen molar-refractivity contribution < 1.29 is 14.2 Å². The molecule has 2 nitrogen and oxygen atoms in total. The molecule has 0 spiro atoms. The average molecular weight is 170 g/mol. The number of rotatable bonds is 2. The van der Waals surface area contributed by atoms with Gasteiger partial charge in [0.05, 0.1) is 0 Å². The smallest absolute Gasteiger partial charge is 0.228 e. The van der Waals surface area contributed by atoms with Crippen molar-refractivity contribution in [3.8, 4) is 11.5 Å². The lowest BCUT2D eigenvalue weighted by atomic mass is 10.1. The van der Waals surface area contributed by atoms with Gasteiger partial charge in [-0.25, -0.2) is 4.39 Å². The van der Waals surface area contributed by atoms with E-state index in [1.54, 1.807) is 13.0 Å². The molecule has 1 rings (SSSR count). The summed E-state index contributed by atoms with van der Waals surface area (Å²) in [6, 6.07) is 3.25. The maximum atomic E-state index is 11.8. The van der Waals surface area contributed by atoms with Crippen LogP contribution >= 0.6 is 0 Å². The normalized spacial score (nSPS) is 9.92. The highest BCUT2D eigenvalue weighted by molar-refractivity contribution is 5.48. The third-order valence-corrected chi connectivity index (χ3v) is 1.85. The molecular formula is C9H11FO2. The van der Waals surface area contributed by atoms with E-state index in [1.165, 1.54) is 6.07 Å². The summed E-state index contributed by atoms with van der Waals surface area (Å²) in [6.45, 7) is 2.73. The molecule has 0 bridgehead atoms. The van der Waals surface area contributed by atoms with Crippen LogP contribution in [0.3, 0.4) is 0 Å². The van der Waals surface area contributed by atoms with Crippen LogP contribution in [0.15, 0.2) is 12.1 Å². The number of phenolic OH excluding ortho intramolecular Hbond substituents is 1. The van der Waals surface area contributed by atoms with E-state index in [0.29, 0.717) is 0 Å². The van der Waals surface area contributed by atoms with E-state index in [2.05, 4.69) is 4.74 Å². The molecule has 12 heavy (non-hydrogen) atoms. The lowest BCUT2D eigenvalue weighted by Gasteiger charge is -2.09. The van der Waals surface area contributed by atoms with E-state index in [1.807, 2.05) is 6.92 Å². The Morgan fingerprint density at radius 1 is 1.42 bits per heavy atom. The van der Waals surface area contributed by atoms with E-state index in [4.69, 9.17) is 0 Å². The fourth-order valence-electron chi connectivity index (χ4n) is 1.01. The Morgan fingerprint density at radius 2 is 2.08 bits per heavy atom. The predicted octanol–water partition coefficient (Wildman–Crippen LogP) is 2.31. The van der Waals surface area contributed by atoms with Gasteiger partial charge in [0.2, 0.25) is 6.86 Å². The first-order chi connectivity index (χ1) is 5.66. The van der Waals surface area contributed by atoms with Crippen LogP contribution in [0, 0.1) is 13.8 Å². The molecule has 1 aromatic carbocycles. The summed E-state index contributed by atoms with van der Waals surface area (Å²) in [4.78, 5) is 0. The molecule has 0 amide bonds. The summed E-state index contributed by atoms with van der Waals surface area (Å²) < 4.78 is 16.5. The quantitative estimate of drug-likeness (QED) is 0.738. The number of ether oxygens (including phenoxy) is 1. The van der Waals surface area contributed by atoms with Crippen molar-refractivity contribution in [2.24, 2.45) is 0 Å². The molecule has 1 aromatic rings. The Balaban J connectivity index is 3.14. The first kappa shape index (κ1) is 8.84. The number of benzene rings is 1. The van der Waals surface area contributed by atoms with Gasteiger partial charge in [-0.05, 0) is 31.0 Å². The van der Waals surface area contributed by atoms with Crippen molar-refractivity contribution in [3.05, 3.63) is 23.3 Å². The minimum Gasteiger partial charge on any atom is -0.504 e. The Hall–Kier alpha value is -1.25. The van der Waals surface area contributed by atoms with Gasteiger partial charge < -0.3 is 9.84 Å². The van der Waals surface area contributed by atoms with Crippen LogP contribution in [0.25, 0.3) is 0 Å². The Morgan fingerprint density at radius 3 is 2.67 bits per heavy atom. The minimum atomic E-state index is -0.919. The molecule has 0 atom stereocenters. The van der Waals surface area contributed by atoms with Gasteiger partial charge in [0.25, 0.3) is 0 Å². The van der Waals surface area contributed by atoms with Gasteiger partial charge in [-0.2, -0.15) is 0 Å². The molecule has 0 aromatic heterocycles. The van der Waals surface area contributed by atoms with Crippen LogP contribution in [0.5, 0.6) is 11.5 Å². The highest BCUT2D eigenvalue weighted by atomic mass is 19.1. The molecule has 1 N–H and O–H groups in total. The minimum absolute atomic E-state index is 0.0178. The standard InChI is InChI=1S/C9H11FO2/c1-6-3-4-8(11)9(7(6)2)12-5-10/h3-4,11H,5H2,1-2H3. The summed E-state index contributed by atoms with van der Waals surface area (Å²) in [6.07, 6.45) is 0. The molecule has 0 fully saturated rings. The summed E-state index contributed by atoms with van der Waals surface area (Å²) >= 11 is 0. The largest absolute Gasteiger partial charge is 0.504 e. The lowest BCUT2D eigenvalue weighted by molar-refractivity contribution is 0.184. The van der Waals surface area contributed by atoms with Crippen molar-refractivity contribution in [2.45, 2.75) is 13.8 Å². The Labute approximate surface area is 70.6 Å².